The smallest absolute Gasteiger partial charge is 0.161 e. The van der Waals surface area contributed by atoms with Gasteiger partial charge in [0.2, 0.25) is 0 Å². The molecule has 0 aliphatic rings. The largest absolute Gasteiger partial charge is 0.493 e. The minimum atomic E-state index is -0.00847. The van der Waals surface area contributed by atoms with E-state index in [0.717, 1.165) is 12.0 Å². The average molecular weight is 234 g/mol. The summed E-state index contributed by atoms with van der Waals surface area (Å²) in [6.45, 7) is 2.37. The molecule has 1 rings (SSSR count). The molecule has 3 heteroatoms. The fourth-order valence-corrected chi connectivity index (χ4v) is 1.65. The molecular formula is C14H18O3. The van der Waals surface area contributed by atoms with Crippen LogP contribution in [-0.2, 0) is 4.74 Å². The van der Waals surface area contributed by atoms with Crippen LogP contribution in [0.1, 0.15) is 25.0 Å². The van der Waals surface area contributed by atoms with Gasteiger partial charge in [0.25, 0.3) is 0 Å². The zero-order chi connectivity index (χ0) is 12.7. The molecule has 0 aromatic heterocycles. The summed E-state index contributed by atoms with van der Waals surface area (Å²) >= 11 is 0. The van der Waals surface area contributed by atoms with Crippen LogP contribution < -0.4 is 9.47 Å². The fraction of sp³-hybridized carbons (Fsp3) is 0.429. The molecule has 0 saturated carbocycles. The van der Waals surface area contributed by atoms with E-state index in [1.165, 1.54) is 0 Å². The first-order valence-corrected chi connectivity index (χ1v) is 5.53. The summed E-state index contributed by atoms with van der Waals surface area (Å²) in [5, 5.41) is 0. The lowest BCUT2D eigenvalue weighted by Gasteiger charge is -2.17. The lowest BCUT2D eigenvalue weighted by Crippen LogP contribution is -2.04. The summed E-state index contributed by atoms with van der Waals surface area (Å²) in [6, 6.07) is 5.76. The molecule has 0 heterocycles. The van der Waals surface area contributed by atoms with E-state index in [4.69, 9.17) is 20.6 Å². The van der Waals surface area contributed by atoms with Gasteiger partial charge in [0.1, 0.15) is 6.61 Å². The number of hydrogen-bond donors (Lipinski definition) is 0. The van der Waals surface area contributed by atoms with Gasteiger partial charge in [-0.1, -0.05) is 18.9 Å². The molecule has 92 valence electrons. The van der Waals surface area contributed by atoms with E-state index in [1.807, 2.05) is 18.2 Å². The molecule has 0 fully saturated rings. The molecule has 0 N–H and O–H groups in total. The Bertz CT molecular complexity index is 393. The second kappa shape index (κ2) is 6.82. The molecule has 0 amide bonds. The Morgan fingerprint density at radius 3 is 2.47 bits per heavy atom. The van der Waals surface area contributed by atoms with Crippen LogP contribution in [0.15, 0.2) is 18.2 Å². The van der Waals surface area contributed by atoms with Crippen molar-refractivity contribution in [2.24, 2.45) is 0 Å². The molecule has 1 aromatic carbocycles. The van der Waals surface area contributed by atoms with Crippen LogP contribution in [0.5, 0.6) is 11.5 Å². The van der Waals surface area contributed by atoms with E-state index < -0.39 is 0 Å². The van der Waals surface area contributed by atoms with Gasteiger partial charge in [-0.3, -0.25) is 0 Å². The summed E-state index contributed by atoms with van der Waals surface area (Å²) in [4.78, 5) is 0. The third kappa shape index (κ3) is 3.40. The highest BCUT2D eigenvalue weighted by atomic mass is 16.5. The number of hydrogen-bond acceptors (Lipinski definition) is 3. The summed E-state index contributed by atoms with van der Waals surface area (Å²) in [7, 11) is 3.23. The monoisotopic (exact) mass is 234 g/mol. The summed E-state index contributed by atoms with van der Waals surface area (Å²) in [5.74, 6) is 3.89. The third-order valence-electron chi connectivity index (χ3n) is 2.52. The van der Waals surface area contributed by atoms with Crippen LogP contribution in [0.2, 0.25) is 0 Å². The van der Waals surface area contributed by atoms with Crippen LogP contribution in [0, 0.1) is 12.3 Å². The van der Waals surface area contributed by atoms with E-state index >= 15 is 0 Å². The summed E-state index contributed by atoms with van der Waals surface area (Å²) in [6.07, 6.45) is 6.04. The second-order valence-electron chi connectivity index (χ2n) is 3.53. The number of methoxy groups -OCH3 is 2. The minimum absolute atomic E-state index is 0.00847. The minimum Gasteiger partial charge on any atom is -0.493 e. The Kier molecular flexibility index (Phi) is 5.38. The lowest BCUT2D eigenvalue weighted by molar-refractivity contribution is 0.0748. The second-order valence-corrected chi connectivity index (χ2v) is 3.53. The van der Waals surface area contributed by atoms with Crippen molar-refractivity contribution in [3.8, 4) is 23.8 Å². The maximum Gasteiger partial charge on any atom is 0.161 e. The van der Waals surface area contributed by atoms with Gasteiger partial charge in [0, 0.05) is 0 Å². The first-order chi connectivity index (χ1) is 8.26. The molecule has 0 aliphatic carbocycles. The van der Waals surface area contributed by atoms with Gasteiger partial charge in [-0.05, 0) is 24.1 Å². The van der Waals surface area contributed by atoms with E-state index in [2.05, 4.69) is 12.8 Å². The number of benzene rings is 1. The molecule has 1 aromatic rings. The van der Waals surface area contributed by atoms with Crippen molar-refractivity contribution < 1.29 is 14.2 Å². The molecule has 0 bridgehead atoms. The SMILES string of the molecule is C#CCOC(CC)c1ccc(OC)c(OC)c1. The number of ether oxygens (including phenoxy) is 3. The van der Waals surface area contributed by atoms with Crippen LogP contribution in [0.25, 0.3) is 0 Å². The van der Waals surface area contributed by atoms with Crippen molar-refractivity contribution >= 4 is 0 Å². The molecule has 0 radical (unpaired) electrons. The van der Waals surface area contributed by atoms with E-state index in [1.54, 1.807) is 14.2 Å². The van der Waals surface area contributed by atoms with Crippen LogP contribution in [0.3, 0.4) is 0 Å². The van der Waals surface area contributed by atoms with Gasteiger partial charge in [-0.2, -0.15) is 0 Å². The highest BCUT2D eigenvalue weighted by Crippen LogP contribution is 2.32. The number of terminal acetylenes is 1. The maximum absolute atomic E-state index is 5.57. The highest BCUT2D eigenvalue weighted by Gasteiger charge is 2.12. The first-order valence-electron chi connectivity index (χ1n) is 5.53. The zero-order valence-electron chi connectivity index (χ0n) is 10.5. The van der Waals surface area contributed by atoms with Gasteiger partial charge in [0.15, 0.2) is 11.5 Å². The predicted molar refractivity (Wildman–Crippen MR) is 67.4 cm³/mol. The molecule has 0 saturated heterocycles. The summed E-state index contributed by atoms with van der Waals surface area (Å²) in [5.41, 5.74) is 1.04. The Balaban J connectivity index is 2.93. The standard InChI is InChI=1S/C14H18O3/c1-5-9-17-12(6-2)11-7-8-13(15-3)14(10-11)16-4/h1,7-8,10,12H,6,9H2,2-4H3. The zero-order valence-corrected chi connectivity index (χ0v) is 10.5. The molecule has 0 aliphatic heterocycles. The van der Waals surface area contributed by atoms with Gasteiger partial charge in [-0.15, -0.1) is 6.42 Å². The Morgan fingerprint density at radius 2 is 1.94 bits per heavy atom. The van der Waals surface area contributed by atoms with Crippen molar-refractivity contribution in [3.05, 3.63) is 23.8 Å². The average Bonchev–Trinajstić information content (AvgIpc) is 2.39. The predicted octanol–water partition coefficient (Wildman–Crippen LogP) is 2.80. The third-order valence-corrected chi connectivity index (χ3v) is 2.52. The first kappa shape index (κ1) is 13.4. The number of rotatable bonds is 6. The Morgan fingerprint density at radius 1 is 1.24 bits per heavy atom. The van der Waals surface area contributed by atoms with Gasteiger partial charge in [-0.25, -0.2) is 0 Å². The lowest BCUT2D eigenvalue weighted by atomic mass is 10.1. The Hall–Kier alpha value is -1.66. The van der Waals surface area contributed by atoms with Crippen LogP contribution >= 0.6 is 0 Å². The van der Waals surface area contributed by atoms with Crippen molar-refractivity contribution in [1.29, 1.82) is 0 Å². The van der Waals surface area contributed by atoms with Crippen molar-refractivity contribution in [1.82, 2.24) is 0 Å². The molecule has 1 atom stereocenters. The molecule has 3 nitrogen and oxygen atoms in total. The van der Waals surface area contributed by atoms with Gasteiger partial charge >= 0.3 is 0 Å². The molecular weight excluding hydrogens is 216 g/mol. The normalized spacial score (nSPS) is 11.6. The van der Waals surface area contributed by atoms with E-state index in [-0.39, 0.29) is 6.10 Å². The van der Waals surface area contributed by atoms with Crippen LogP contribution in [-0.4, -0.2) is 20.8 Å². The topological polar surface area (TPSA) is 27.7 Å². The van der Waals surface area contributed by atoms with E-state index in [9.17, 15) is 0 Å². The quantitative estimate of drug-likeness (QED) is 0.708. The van der Waals surface area contributed by atoms with Crippen molar-refractivity contribution in [2.75, 3.05) is 20.8 Å². The molecule has 17 heavy (non-hydrogen) atoms. The maximum atomic E-state index is 5.57. The molecule has 0 spiro atoms. The highest BCUT2D eigenvalue weighted by molar-refractivity contribution is 5.43. The van der Waals surface area contributed by atoms with Crippen molar-refractivity contribution in [3.63, 3.8) is 0 Å². The fourth-order valence-electron chi connectivity index (χ4n) is 1.65. The summed E-state index contributed by atoms with van der Waals surface area (Å²) < 4.78 is 16.0. The Labute approximate surface area is 103 Å². The van der Waals surface area contributed by atoms with Gasteiger partial charge < -0.3 is 14.2 Å². The van der Waals surface area contributed by atoms with Gasteiger partial charge in [0.05, 0.1) is 20.3 Å². The van der Waals surface area contributed by atoms with Crippen molar-refractivity contribution in [2.45, 2.75) is 19.4 Å². The van der Waals surface area contributed by atoms with E-state index in [0.29, 0.717) is 18.1 Å². The molecule has 1 unspecified atom stereocenters. The van der Waals surface area contributed by atoms with Crippen LogP contribution in [0.4, 0.5) is 0 Å².